The Kier molecular flexibility index (Phi) is 6.14. The van der Waals surface area contributed by atoms with Crippen molar-refractivity contribution in [3.63, 3.8) is 0 Å². The Morgan fingerprint density at radius 1 is 1.14 bits per heavy atom. The van der Waals surface area contributed by atoms with Gasteiger partial charge in [-0.15, -0.1) is 0 Å². The van der Waals surface area contributed by atoms with Crippen molar-refractivity contribution in [2.75, 3.05) is 13.1 Å². The molecule has 2 aromatic rings. The Balaban J connectivity index is 1.59. The van der Waals surface area contributed by atoms with Crippen molar-refractivity contribution in [3.05, 3.63) is 63.6 Å². The highest BCUT2D eigenvalue weighted by molar-refractivity contribution is 5.98. The quantitative estimate of drug-likeness (QED) is 0.773. The van der Waals surface area contributed by atoms with Gasteiger partial charge in [-0.3, -0.25) is 14.4 Å². The van der Waals surface area contributed by atoms with E-state index in [9.17, 15) is 27.6 Å². The van der Waals surface area contributed by atoms with E-state index in [2.05, 4.69) is 10.2 Å². The van der Waals surface area contributed by atoms with E-state index in [0.717, 1.165) is 12.1 Å². The number of hydrogen-bond acceptors (Lipinski definition) is 4. The topological polar surface area (TPSA) is 83.1 Å². The Morgan fingerprint density at radius 3 is 2.48 bits per heavy atom. The Labute approximate surface area is 164 Å². The predicted octanol–water partition coefficient (Wildman–Crippen LogP) is 2.84. The highest BCUT2D eigenvalue weighted by Crippen LogP contribution is 2.30. The number of aryl methyl sites for hydroxylation is 1. The highest BCUT2D eigenvalue weighted by Gasteiger charge is 2.32. The van der Waals surface area contributed by atoms with Crippen LogP contribution in [0.2, 0.25) is 0 Å². The van der Waals surface area contributed by atoms with Crippen LogP contribution < -0.4 is 5.56 Å². The van der Waals surface area contributed by atoms with Crippen LogP contribution in [0.1, 0.15) is 40.9 Å². The summed E-state index contributed by atoms with van der Waals surface area (Å²) in [5, 5.41) is 6.17. The molecule has 3 rings (SSSR count). The number of halogens is 3. The minimum atomic E-state index is -4.45. The molecule has 29 heavy (non-hydrogen) atoms. The molecular weight excluding hydrogens is 387 g/mol. The lowest BCUT2D eigenvalue weighted by Crippen LogP contribution is -2.42. The smallest absolute Gasteiger partial charge is 0.342 e. The minimum absolute atomic E-state index is 0.122. The molecule has 1 unspecified atom stereocenters. The maximum absolute atomic E-state index is 12.7. The fourth-order valence-corrected chi connectivity index (χ4v) is 3.38. The molecule has 1 amide bonds. The molecule has 0 radical (unpaired) electrons. The number of amides is 1. The van der Waals surface area contributed by atoms with Crippen LogP contribution in [0.3, 0.4) is 0 Å². The van der Waals surface area contributed by atoms with E-state index in [1.54, 1.807) is 11.0 Å². The molecule has 1 atom stereocenters. The van der Waals surface area contributed by atoms with E-state index in [1.165, 1.54) is 18.2 Å². The van der Waals surface area contributed by atoms with Gasteiger partial charge in [-0.25, -0.2) is 5.10 Å². The number of nitrogens with zero attached hydrogens (tertiary/aromatic N) is 2. The van der Waals surface area contributed by atoms with Crippen LogP contribution in [0.4, 0.5) is 13.2 Å². The van der Waals surface area contributed by atoms with Crippen LogP contribution in [0.5, 0.6) is 0 Å². The molecule has 1 N–H and O–H groups in total. The summed E-state index contributed by atoms with van der Waals surface area (Å²) in [7, 11) is 0. The summed E-state index contributed by atoms with van der Waals surface area (Å²) < 4.78 is 38.0. The van der Waals surface area contributed by atoms with E-state index in [1.807, 2.05) is 0 Å². The summed E-state index contributed by atoms with van der Waals surface area (Å²) in [4.78, 5) is 37.8. The molecule has 6 nitrogen and oxygen atoms in total. The van der Waals surface area contributed by atoms with Gasteiger partial charge < -0.3 is 4.90 Å². The van der Waals surface area contributed by atoms with Crippen molar-refractivity contribution in [3.8, 4) is 0 Å². The first-order valence-electron chi connectivity index (χ1n) is 9.28. The zero-order valence-corrected chi connectivity index (χ0v) is 15.5. The molecule has 0 spiro atoms. The van der Waals surface area contributed by atoms with E-state index in [4.69, 9.17) is 0 Å². The third-order valence-electron chi connectivity index (χ3n) is 4.97. The Hall–Kier alpha value is -2.97. The number of carbonyl (C=O) groups excluding carboxylic acids is 2. The second-order valence-electron chi connectivity index (χ2n) is 7.03. The maximum Gasteiger partial charge on any atom is 0.416 e. The summed E-state index contributed by atoms with van der Waals surface area (Å²) >= 11 is 0. The van der Waals surface area contributed by atoms with E-state index < -0.39 is 17.7 Å². The Bertz CT molecular complexity index is 918. The number of nitrogens with one attached hydrogen (secondary N) is 1. The summed E-state index contributed by atoms with van der Waals surface area (Å²) in [6, 6.07) is 7.07. The maximum atomic E-state index is 12.7. The zero-order chi connectivity index (χ0) is 21.0. The number of carbonyl (C=O) groups is 2. The first-order valence-corrected chi connectivity index (χ1v) is 9.28. The van der Waals surface area contributed by atoms with Gasteiger partial charge in [-0.1, -0.05) is 12.1 Å². The number of piperidine rings is 1. The number of Topliss-reactive ketones (excluding diaryl/α,β-unsaturated/α-hetero) is 1. The van der Waals surface area contributed by atoms with Crippen molar-refractivity contribution in [1.82, 2.24) is 15.1 Å². The van der Waals surface area contributed by atoms with Gasteiger partial charge in [0.25, 0.3) is 5.56 Å². The first kappa shape index (κ1) is 20.8. The minimum Gasteiger partial charge on any atom is -0.342 e. The molecule has 1 saturated heterocycles. The number of hydrogen-bond donors (Lipinski definition) is 1. The number of alkyl halides is 3. The predicted molar refractivity (Wildman–Crippen MR) is 98.3 cm³/mol. The van der Waals surface area contributed by atoms with Gasteiger partial charge in [0, 0.05) is 43.5 Å². The molecule has 1 aliphatic heterocycles. The van der Waals surface area contributed by atoms with Crippen molar-refractivity contribution in [1.29, 1.82) is 0 Å². The molecule has 1 fully saturated rings. The van der Waals surface area contributed by atoms with E-state index in [-0.39, 0.29) is 35.8 Å². The lowest BCUT2D eigenvalue weighted by atomic mass is 9.89. The monoisotopic (exact) mass is 407 g/mol. The van der Waals surface area contributed by atoms with Gasteiger partial charge >= 0.3 is 6.18 Å². The number of rotatable bonds is 5. The third kappa shape index (κ3) is 5.30. The number of likely N-dealkylation sites (tertiary alicyclic amines) is 1. The molecular formula is C20H20F3N3O3. The number of aromatic amines is 1. The fourth-order valence-electron chi connectivity index (χ4n) is 3.38. The molecule has 2 heterocycles. The van der Waals surface area contributed by atoms with Crippen LogP contribution in [-0.4, -0.2) is 39.9 Å². The van der Waals surface area contributed by atoms with Gasteiger partial charge in [0.05, 0.1) is 11.3 Å². The standard InChI is InChI=1S/C20H20F3N3O3/c21-20(22,23)15-5-3-13(4-6-15)19(29)14-2-1-11-26(12-14)18(28)10-8-16-7-9-17(27)25-24-16/h3-7,9,14H,1-2,8,10-12H2,(H,25,27). The van der Waals surface area contributed by atoms with Crippen LogP contribution in [0.25, 0.3) is 0 Å². The van der Waals surface area contributed by atoms with Crippen molar-refractivity contribution in [2.45, 2.75) is 31.9 Å². The number of aromatic nitrogens is 2. The lowest BCUT2D eigenvalue weighted by molar-refractivity contribution is -0.137. The second kappa shape index (κ2) is 8.59. The molecule has 1 aromatic heterocycles. The summed E-state index contributed by atoms with van der Waals surface area (Å²) in [6.07, 6.45) is -2.65. The zero-order valence-electron chi connectivity index (χ0n) is 15.5. The van der Waals surface area contributed by atoms with Gasteiger partial charge in [0.2, 0.25) is 5.91 Å². The van der Waals surface area contributed by atoms with Crippen LogP contribution in [0.15, 0.2) is 41.2 Å². The average molecular weight is 407 g/mol. The van der Waals surface area contributed by atoms with Gasteiger partial charge in [0.1, 0.15) is 0 Å². The van der Waals surface area contributed by atoms with Gasteiger partial charge in [-0.05, 0) is 31.0 Å². The van der Waals surface area contributed by atoms with Crippen molar-refractivity contribution < 1.29 is 22.8 Å². The second-order valence-corrected chi connectivity index (χ2v) is 7.03. The fraction of sp³-hybridized carbons (Fsp3) is 0.400. The molecule has 1 aliphatic rings. The van der Waals surface area contributed by atoms with E-state index in [0.29, 0.717) is 31.5 Å². The number of H-pyrrole nitrogens is 1. The van der Waals surface area contributed by atoms with E-state index >= 15 is 0 Å². The molecule has 1 aromatic carbocycles. The number of benzene rings is 1. The van der Waals surface area contributed by atoms with Crippen LogP contribution in [0, 0.1) is 5.92 Å². The largest absolute Gasteiger partial charge is 0.416 e. The molecule has 0 saturated carbocycles. The SMILES string of the molecule is O=C(c1ccc(C(F)(F)F)cc1)C1CCCN(C(=O)CCc2ccc(=O)[nH]n2)C1. The van der Waals surface area contributed by atoms with Crippen molar-refractivity contribution in [2.24, 2.45) is 5.92 Å². The molecule has 0 bridgehead atoms. The molecule has 0 aliphatic carbocycles. The molecule has 154 valence electrons. The van der Waals surface area contributed by atoms with Crippen LogP contribution >= 0.6 is 0 Å². The van der Waals surface area contributed by atoms with Crippen LogP contribution in [-0.2, 0) is 17.4 Å². The van der Waals surface area contributed by atoms with Crippen molar-refractivity contribution >= 4 is 11.7 Å². The third-order valence-corrected chi connectivity index (χ3v) is 4.97. The van der Waals surface area contributed by atoms with Gasteiger partial charge in [-0.2, -0.15) is 18.3 Å². The molecule has 9 heteroatoms. The summed E-state index contributed by atoms with van der Waals surface area (Å²) in [5.74, 6) is -0.808. The number of ketones is 1. The highest BCUT2D eigenvalue weighted by atomic mass is 19.4. The first-order chi connectivity index (χ1) is 13.7. The lowest BCUT2D eigenvalue weighted by Gasteiger charge is -2.32. The Morgan fingerprint density at radius 2 is 1.86 bits per heavy atom. The summed E-state index contributed by atoms with van der Waals surface area (Å²) in [5.41, 5.74) is -0.312. The average Bonchev–Trinajstić information content (AvgIpc) is 2.72. The normalized spacial score (nSPS) is 17.2. The summed E-state index contributed by atoms with van der Waals surface area (Å²) in [6.45, 7) is 0.784. The van der Waals surface area contributed by atoms with Gasteiger partial charge in [0.15, 0.2) is 5.78 Å².